The quantitative estimate of drug-likeness (QED) is 0.646. The SMILES string of the molecule is CCC(O)CCNCC(=O)Nc1cccc(F)c1. The number of benzene rings is 1. The first-order valence-corrected chi connectivity index (χ1v) is 6.06. The molecule has 1 unspecified atom stereocenters. The van der Waals surface area contributed by atoms with Gasteiger partial charge in [-0.2, -0.15) is 0 Å². The third-order valence-corrected chi connectivity index (χ3v) is 2.52. The Kier molecular flexibility index (Phi) is 6.32. The van der Waals surface area contributed by atoms with Crippen LogP contribution >= 0.6 is 0 Å². The van der Waals surface area contributed by atoms with Crippen LogP contribution in [0.2, 0.25) is 0 Å². The molecule has 100 valence electrons. The number of hydrogen-bond acceptors (Lipinski definition) is 3. The first-order valence-electron chi connectivity index (χ1n) is 6.06. The van der Waals surface area contributed by atoms with Crippen molar-refractivity contribution in [2.75, 3.05) is 18.4 Å². The molecule has 18 heavy (non-hydrogen) atoms. The van der Waals surface area contributed by atoms with E-state index < -0.39 is 0 Å². The number of nitrogens with one attached hydrogen (secondary N) is 2. The summed E-state index contributed by atoms with van der Waals surface area (Å²) in [5, 5.41) is 14.8. The summed E-state index contributed by atoms with van der Waals surface area (Å²) in [6.07, 6.45) is 0.991. The van der Waals surface area contributed by atoms with Gasteiger partial charge in [0.1, 0.15) is 5.82 Å². The van der Waals surface area contributed by atoms with Crippen molar-refractivity contribution in [2.45, 2.75) is 25.9 Å². The maximum absolute atomic E-state index is 12.9. The van der Waals surface area contributed by atoms with Crippen LogP contribution in [0.25, 0.3) is 0 Å². The van der Waals surface area contributed by atoms with Gasteiger partial charge in [0.25, 0.3) is 0 Å². The average molecular weight is 254 g/mol. The molecule has 0 aliphatic carbocycles. The van der Waals surface area contributed by atoms with E-state index in [1.807, 2.05) is 6.92 Å². The number of carbonyl (C=O) groups excluding carboxylic acids is 1. The van der Waals surface area contributed by atoms with Crippen LogP contribution in [0.1, 0.15) is 19.8 Å². The molecular formula is C13H19FN2O2. The smallest absolute Gasteiger partial charge is 0.238 e. The first kappa shape index (κ1) is 14.6. The summed E-state index contributed by atoms with van der Waals surface area (Å²) in [7, 11) is 0. The Balaban J connectivity index is 2.22. The Labute approximate surface area is 106 Å². The van der Waals surface area contributed by atoms with Crippen molar-refractivity contribution >= 4 is 11.6 Å². The van der Waals surface area contributed by atoms with Crippen LogP contribution in [0.4, 0.5) is 10.1 Å². The van der Waals surface area contributed by atoms with Gasteiger partial charge in [0, 0.05) is 5.69 Å². The van der Waals surface area contributed by atoms with Crippen molar-refractivity contribution in [3.63, 3.8) is 0 Å². The highest BCUT2D eigenvalue weighted by Gasteiger charge is 2.04. The second-order valence-corrected chi connectivity index (χ2v) is 4.09. The number of halogens is 1. The number of aliphatic hydroxyl groups excluding tert-OH is 1. The molecule has 1 aromatic rings. The van der Waals surface area contributed by atoms with Crippen LogP contribution in [-0.4, -0.2) is 30.2 Å². The van der Waals surface area contributed by atoms with Gasteiger partial charge in [0.15, 0.2) is 0 Å². The maximum Gasteiger partial charge on any atom is 0.238 e. The van der Waals surface area contributed by atoms with E-state index in [-0.39, 0.29) is 24.4 Å². The highest BCUT2D eigenvalue weighted by molar-refractivity contribution is 5.92. The molecule has 4 nitrogen and oxygen atoms in total. The maximum atomic E-state index is 12.9. The zero-order chi connectivity index (χ0) is 13.4. The Hall–Kier alpha value is -1.46. The Morgan fingerprint density at radius 3 is 2.94 bits per heavy atom. The molecule has 0 saturated heterocycles. The van der Waals surface area contributed by atoms with Crippen LogP contribution in [0.15, 0.2) is 24.3 Å². The highest BCUT2D eigenvalue weighted by atomic mass is 19.1. The number of hydrogen-bond donors (Lipinski definition) is 3. The van der Waals surface area contributed by atoms with Gasteiger partial charge in [0.2, 0.25) is 5.91 Å². The van der Waals surface area contributed by atoms with Crippen molar-refractivity contribution in [3.8, 4) is 0 Å². The highest BCUT2D eigenvalue weighted by Crippen LogP contribution is 2.08. The minimum atomic E-state index is -0.383. The fourth-order valence-corrected chi connectivity index (χ4v) is 1.45. The largest absolute Gasteiger partial charge is 0.393 e. The molecular weight excluding hydrogens is 235 g/mol. The molecule has 1 atom stereocenters. The van der Waals surface area contributed by atoms with E-state index in [9.17, 15) is 14.3 Å². The number of rotatable bonds is 7. The number of anilines is 1. The molecule has 0 heterocycles. The predicted octanol–water partition coefficient (Wildman–Crippen LogP) is 1.51. The zero-order valence-corrected chi connectivity index (χ0v) is 10.4. The van der Waals surface area contributed by atoms with E-state index >= 15 is 0 Å². The molecule has 0 spiro atoms. The summed E-state index contributed by atoms with van der Waals surface area (Å²) in [6, 6.07) is 5.75. The Morgan fingerprint density at radius 2 is 2.28 bits per heavy atom. The van der Waals surface area contributed by atoms with Gasteiger partial charge in [-0.3, -0.25) is 4.79 Å². The topological polar surface area (TPSA) is 61.4 Å². The van der Waals surface area contributed by atoms with Gasteiger partial charge in [-0.25, -0.2) is 4.39 Å². The van der Waals surface area contributed by atoms with Crippen LogP contribution < -0.4 is 10.6 Å². The zero-order valence-electron chi connectivity index (χ0n) is 10.4. The van der Waals surface area contributed by atoms with Crippen molar-refractivity contribution < 1.29 is 14.3 Å². The molecule has 1 amide bonds. The minimum Gasteiger partial charge on any atom is -0.393 e. The molecule has 3 N–H and O–H groups in total. The second kappa shape index (κ2) is 7.79. The molecule has 1 aromatic carbocycles. The van der Waals surface area contributed by atoms with Gasteiger partial charge in [-0.1, -0.05) is 13.0 Å². The van der Waals surface area contributed by atoms with Crippen molar-refractivity contribution in [1.29, 1.82) is 0 Å². The third-order valence-electron chi connectivity index (χ3n) is 2.52. The van der Waals surface area contributed by atoms with E-state index in [2.05, 4.69) is 10.6 Å². The molecule has 0 saturated carbocycles. The fourth-order valence-electron chi connectivity index (χ4n) is 1.45. The molecule has 0 bridgehead atoms. The number of aliphatic hydroxyl groups is 1. The molecule has 0 radical (unpaired) electrons. The first-order chi connectivity index (χ1) is 8.61. The summed E-state index contributed by atoms with van der Waals surface area (Å²) < 4.78 is 12.9. The predicted molar refractivity (Wildman–Crippen MR) is 68.8 cm³/mol. The van der Waals surface area contributed by atoms with Gasteiger partial charge in [-0.15, -0.1) is 0 Å². The monoisotopic (exact) mass is 254 g/mol. The van der Waals surface area contributed by atoms with E-state index in [0.29, 0.717) is 25.1 Å². The lowest BCUT2D eigenvalue weighted by Gasteiger charge is -2.09. The molecule has 0 aliphatic heterocycles. The summed E-state index contributed by atoms with van der Waals surface area (Å²) in [4.78, 5) is 11.5. The van der Waals surface area contributed by atoms with Gasteiger partial charge in [0.05, 0.1) is 12.6 Å². The average Bonchev–Trinajstić information content (AvgIpc) is 2.34. The van der Waals surface area contributed by atoms with E-state index in [0.717, 1.165) is 0 Å². The Morgan fingerprint density at radius 1 is 1.50 bits per heavy atom. The molecule has 1 rings (SSSR count). The van der Waals surface area contributed by atoms with Crippen LogP contribution in [0, 0.1) is 5.82 Å². The minimum absolute atomic E-state index is 0.146. The Bertz CT molecular complexity index is 385. The number of carbonyl (C=O) groups is 1. The second-order valence-electron chi connectivity index (χ2n) is 4.09. The summed E-state index contributed by atoms with van der Waals surface area (Å²) in [5.41, 5.74) is 0.440. The van der Waals surface area contributed by atoms with Crippen LogP contribution in [-0.2, 0) is 4.79 Å². The standard InChI is InChI=1S/C13H19FN2O2/c1-2-12(17)6-7-15-9-13(18)16-11-5-3-4-10(14)8-11/h3-5,8,12,15,17H,2,6-7,9H2,1H3,(H,16,18). The lowest BCUT2D eigenvalue weighted by atomic mass is 10.2. The normalized spacial score (nSPS) is 12.2. The molecule has 5 heteroatoms. The lowest BCUT2D eigenvalue weighted by Crippen LogP contribution is -2.30. The summed E-state index contributed by atoms with van der Waals surface area (Å²) in [6.45, 7) is 2.62. The third kappa shape index (κ3) is 5.75. The number of amides is 1. The fraction of sp³-hybridized carbons (Fsp3) is 0.462. The van der Waals surface area contributed by atoms with E-state index in [1.54, 1.807) is 6.07 Å². The van der Waals surface area contributed by atoms with Gasteiger partial charge < -0.3 is 15.7 Å². The molecule has 0 fully saturated rings. The van der Waals surface area contributed by atoms with Crippen molar-refractivity contribution in [2.24, 2.45) is 0 Å². The van der Waals surface area contributed by atoms with Crippen LogP contribution in [0.5, 0.6) is 0 Å². The van der Waals surface area contributed by atoms with E-state index in [4.69, 9.17) is 0 Å². The van der Waals surface area contributed by atoms with Gasteiger partial charge in [-0.05, 0) is 37.6 Å². The molecule has 0 aliphatic rings. The van der Waals surface area contributed by atoms with Crippen molar-refractivity contribution in [1.82, 2.24) is 5.32 Å². The van der Waals surface area contributed by atoms with E-state index in [1.165, 1.54) is 18.2 Å². The molecule has 0 aromatic heterocycles. The summed E-state index contributed by atoms with van der Waals surface area (Å²) >= 11 is 0. The van der Waals surface area contributed by atoms with Crippen molar-refractivity contribution in [3.05, 3.63) is 30.1 Å². The lowest BCUT2D eigenvalue weighted by molar-refractivity contribution is -0.115. The summed E-state index contributed by atoms with van der Waals surface area (Å²) in [5.74, 6) is -0.613. The van der Waals surface area contributed by atoms with Gasteiger partial charge >= 0.3 is 0 Å². The van der Waals surface area contributed by atoms with Crippen LogP contribution in [0.3, 0.4) is 0 Å².